The van der Waals surface area contributed by atoms with Gasteiger partial charge in [0.15, 0.2) is 0 Å². The highest BCUT2D eigenvalue weighted by molar-refractivity contribution is 5.32. The summed E-state index contributed by atoms with van der Waals surface area (Å²) in [6.45, 7) is 0. The Balaban J connectivity index is 2.35. The largest absolute Gasteiger partial charge is 0.419 e. The van der Waals surface area contributed by atoms with E-state index in [1.165, 1.54) is 24.5 Å². The first-order chi connectivity index (χ1) is 8.89. The lowest BCUT2D eigenvalue weighted by atomic mass is 10.0. The van der Waals surface area contributed by atoms with Crippen molar-refractivity contribution >= 4 is 0 Å². The van der Waals surface area contributed by atoms with E-state index in [4.69, 9.17) is 0 Å². The second kappa shape index (κ2) is 4.97. The summed E-state index contributed by atoms with van der Waals surface area (Å²) in [6.07, 6.45) is -3.08. The Morgan fingerprint density at radius 2 is 1.63 bits per heavy atom. The molecule has 0 saturated heterocycles. The fourth-order valence-corrected chi connectivity index (χ4v) is 1.67. The lowest BCUT2D eigenvalue weighted by Gasteiger charge is -2.13. The van der Waals surface area contributed by atoms with E-state index >= 15 is 0 Å². The fourth-order valence-electron chi connectivity index (χ4n) is 1.67. The second-order valence-electron chi connectivity index (χ2n) is 3.92. The van der Waals surface area contributed by atoms with Gasteiger partial charge in [-0.25, -0.2) is 4.39 Å². The van der Waals surface area contributed by atoms with Crippen LogP contribution in [0.2, 0.25) is 0 Å². The van der Waals surface area contributed by atoms with Crippen LogP contribution in [0, 0.1) is 5.82 Å². The van der Waals surface area contributed by atoms with Gasteiger partial charge >= 0.3 is 6.18 Å². The number of rotatable bonds is 2. The van der Waals surface area contributed by atoms with Gasteiger partial charge in [-0.3, -0.25) is 4.98 Å². The fraction of sp³-hybridized carbons (Fsp3) is 0.154. The highest BCUT2D eigenvalue weighted by Crippen LogP contribution is 2.33. The molecule has 0 saturated carbocycles. The first-order valence-corrected chi connectivity index (χ1v) is 5.34. The normalized spacial score (nSPS) is 13.3. The van der Waals surface area contributed by atoms with Crippen LogP contribution < -0.4 is 0 Å². The summed E-state index contributed by atoms with van der Waals surface area (Å²) in [7, 11) is 0. The average Bonchev–Trinajstić information content (AvgIpc) is 2.37. The topological polar surface area (TPSA) is 33.1 Å². The van der Waals surface area contributed by atoms with Gasteiger partial charge in [-0.2, -0.15) is 13.2 Å². The summed E-state index contributed by atoms with van der Waals surface area (Å²) in [6, 6.07) is 5.36. The smallest absolute Gasteiger partial charge is 0.384 e. The highest BCUT2D eigenvalue weighted by atomic mass is 19.4. The van der Waals surface area contributed by atoms with Gasteiger partial charge in [0.05, 0.1) is 5.56 Å². The molecule has 2 rings (SSSR count). The van der Waals surface area contributed by atoms with Crippen LogP contribution in [0.15, 0.2) is 42.7 Å². The molecule has 6 heteroatoms. The molecule has 0 radical (unpaired) electrons. The molecular weight excluding hydrogens is 262 g/mol. The van der Waals surface area contributed by atoms with Crippen molar-refractivity contribution < 1.29 is 22.7 Å². The number of benzene rings is 1. The van der Waals surface area contributed by atoms with Crippen molar-refractivity contribution in [3.05, 3.63) is 65.2 Å². The van der Waals surface area contributed by atoms with E-state index in [2.05, 4.69) is 4.98 Å². The predicted molar refractivity (Wildman–Crippen MR) is 59.7 cm³/mol. The van der Waals surface area contributed by atoms with E-state index in [-0.39, 0.29) is 5.56 Å². The first-order valence-electron chi connectivity index (χ1n) is 5.34. The van der Waals surface area contributed by atoms with E-state index in [0.717, 1.165) is 6.07 Å². The third kappa shape index (κ3) is 2.90. The van der Waals surface area contributed by atoms with Crippen molar-refractivity contribution in [3.8, 4) is 0 Å². The van der Waals surface area contributed by atoms with Crippen LogP contribution in [0.3, 0.4) is 0 Å². The van der Waals surface area contributed by atoms with Gasteiger partial charge in [-0.15, -0.1) is 0 Å². The molecule has 0 spiro atoms. The quantitative estimate of drug-likeness (QED) is 0.850. The zero-order valence-electron chi connectivity index (χ0n) is 9.53. The number of pyridine rings is 1. The molecule has 19 heavy (non-hydrogen) atoms. The number of hydrogen-bond donors (Lipinski definition) is 1. The Morgan fingerprint density at radius 3 is 2.16 bits per heavy atom. The van der Waals surface area contributed by atoms with Crippen LogP contribution in [0.5, 0.6) is 0 Å². The van der Waals surface area contributed by atoms with E-state index in [0.29, 0.717) is 17.7 Å². The standard InChI is InChI=1S/C13H9F4NO/c14-11-7-9(1-2-10(11)13(15,16)17)12(19)8-3-5-18-6-4-8/h1-7,12,19H. The Bertz CT molecular complexity index is 569. The Hall–Kier alpha value is -1.95. The molecule has 0 fully saturated rings. The van der Waals surface area contributed by atoms with Crippen molar-refractivity contribution in [1.82, 2.24) is 4.98 Å². The number of halogens is 4. The number of aromatic nitrogens is 1. The van der Waals surface area contributed by atoms with Crippen LogP contribution in [0.25, 0.3) is 0 Å². The molecule has 0 aliphatic carbocycles. The minimum atomic E-state index is -4.75. The Kier molecular flexibility index (Phi) is 3.53. The summed E-state index contributed by atoms with van der Waals surface area (Å²) in [5.41, 5.74) is -0.871. The molecule has 0 bridgehead atoms. The molecule has 1 N–H and O–H groups in total. The van der Waals surface area contributed by atoms with Crippen LogP contribution in [0.4, 0.5) is 17.6 Å². The third-order valence-electron chi connectivity index (χ3n) is 2.64. The van der Waals surface area contributed by atoms with Gasteiger partial charge in [-0.05, 0) is 35.4 Å². The van der Waals surface area contributed by atoms with Crippen LogP contribution >= 0.6 is 0 Å². The molecule has 0 aliphatic rings. The monoisotopic (exact) mass is 271 g/mol. The molecule has 2 nitrogen and oxygen atoms in total. The number of nitrogens with zero attached hydrogens (tertiary/aromatic N) is 1. The van der Waals surface area contributed by atoms with Gasteiger partial charge in [-0.1, -0.05) is 6.07 Å². The molecule has 1 unspecified atom stereocenters. The minimum absolute atomic E-state index is 0.0525. The molecular formula is C13H9F4NO. The molecule has 2 aromatic rings. The lowest BCUT2D eigenvalue weighted by molar-refractivity contribution is -0.140. The van der Waals surface area contributed by atoms with Crippen molar-refractivity contribution in [3.63, 3.8) is 0 Å². The van der Waals surface area contributed by atoms with Crippen molar-refractivity contribution in [1.29, 1.82) is 0 Å². The van der Waals surface area contributed by atoms with Crippen LogP contribution in [-0.2, 0) is 6.18 Å². The summed E-state index contributed by atoms with van der Waals surface area (Å²) < 4.78 is 50.6. The predicted octanol–water partition coefficient (Wildman–Crippen LogP) is 3.32. The summed E-state index contributed by atoms with van der Waals surface area (Å²) in [5.74, 6) is -1.40. The minimum Gasteiger partial charge on any atom is -0.384 e. The van der Waals surface area contributed by atoms with Gasteiger partial charge in [0.2, 0.25) is 0 Å². The molecule has 100 valence electrons. The summed E-state index contributed by atoms with van der Waals surface area (Å²) in [4.78, 5) is 3.75. The first kappa shape index (κ1) is 13.5. The van der Waals surface area contributed by atoms with E-state index in [1.807, 2.05) is 0 Å². The molecule has 1 atom stereocenters. The number of hydrogen-bond acceptors (Lipinski definition) is 2. The third-order valence-corrected chi connectivity index (χ3v) is 2.64. The van der Waals surface area contributed by atoms with E-state index in [1.54, 1.807) is 0 Å². The van der Waals surface area contributed by atoms with Gasteiger partial charge in [0.25, 0.3) is 0 Å². The highest BCUT2D eigenvalue weighted by Gasteiger charge is 2.34. The lowest BCUT2D eigenvalue weighted by Crippen LogP contribution is -2.09. The Labute approximate surface area is 106 Å². The average molecular weight is 271 g/mol. The van der Waals surface area contributed by atoms with Crippen molar-refractivity contribution in [2.45, 2.75) is 12.3 Å². The summed E-state index contributed by atoms with van der Waals surface area (Å²) >= 11 is 0. The number of aliphatic hydroxyl groups is 1. The molecule has 0 amide bonds. The maximum atomic E-state index is 13.4. The molecule has 1 aromatic carbocycles. The van der Waals surface area contributed by atoms with Crippen LogP contribution in [0.1, 0.15) is 22.8 Å². The van der Waals surface area contributed by atoms with Gasteiger partial charge in [0, 0.05) is 12.4 Å². The number of aliphatic hydroxyl groups excluding tert-OH is 1. The van der Waals surface area contributed by atoms with Gasteiger partial charge < -0.3 is 5.11 Å². The maximum absolute atomic E-state index is 13.4. The van der Waals surface area contributed by atoms with Crippen molar-refractivity contribution in [2.24, 2.45) is 0 Å². The molecule has 1 heterocycles. The summed E-state index contributed by atoms with van der Waals surface area (Å²) in [5, 5.41) is 9.93. The molecule has 0 aliphatic heterocycles. The number of alkyl halides is 3. The second-order valence-corrected chi connectivity index (χ2v) is 3.92. The zero-order valence-corrected chi connectivity index (χ0v) is 9.53. The van der Waals surface area contributed by atoms with Gasteiger partial charge in [0.1, 0.15) is 11.9 Å². The molecule has 1 aromatic heterocycles. The van der Waals surface area contributed by atoms with Crippen molar-refractivity contribution in [2.75, 3.05) is 0 Å². The SMILES string of the molecule is OC(c1ccncc1)c1ccc(C(F)(F)F)c(F)c1. The Morgan fingerprint density at radius 1 is 1.00 bits per heavy atom. The van der Waals surface area contributed by atoms with E-state index in [9.17, 15) is 22.7 Å². The zero-order chi connectivity index (χ0) is 14.0. The maximum Gasteiger partial charge on any atom is 0.419 e. The van der Waals surface area contributed by atoms with E-state index < -0.39 is 23.7 Å². The van der Waals surface area contributed by atoms with Crippen LogP contribution in [-0.4, -0.2) is 10.1 Å².